The number of rotatable bonds is 6. The van der Waals surface area contributed by atoms with E-state index < -0.39 is 24.0 Å². The van der Waals surface area contributed by atoms with E-state index in [1.807, 2.05) is 19.9 Å². The van der Waals surface area contributed by atoms with E-state index in [0.717, 1.165) is 18.4 Å². The first kappa shape index (κ1) is 14.7. The molecule has 0 aliphatic carbocycles. The summed E-state index contributed by atoms with van der Waals surface area (Å²) in [6.07, 6.45) is 3.06. The van der Waals surface area contributed by atoms with Crippen molar-refractivity contribution >= 4 is 11.9 Å². The summed E-state index contributed by atoms with van der Waals surface area (Å²) < 4.78 is 5.17. The van der Waals surface area contributed by atoms with E-state index in [1.165, 1.54) is 0 Å². The van der Waals surface area contributed by atoms with E-state index in [1.54, 1.807) is 13.8 Å². The maximum Gasteiger partial charge on any atom is 0.318 e. The summed E-state index contributed by atoms with van der Waals surface area (Å²) in [7, 11) is 0. The molecule has 0 bridgehead atoms. The highest BCUT2D eigenvalue weighted by molar-refractivity contribution is 5.90. The third kappa shape index (κ3) is 4.96. The molecule has 4 heteroatoms. The fourth-order valence-electron chi connectivity index (χ4n) is 1.57. The molecule has 0 spiro atoms. The van der Waals surface area contributed by atoms with Gasteiger partial charge in [0.15, 0.2) is 0 Å². The maximum absolute atomic E-state index is 11.3. The van der Waals surface area contributed by atoms with E-state index in [4.69, 9.17) is 9.84 Å². The molecule has 0 aromatic heterocycles. The highest BCUT2D eigenvalue weighted by atomic mass is 16.6. The Labute approximate surface area is 96.3 Å². The van der Waals surface area contributed by atoms with Crippen LogP contribution in [0.2, 0.25) is 0 Å². The van der Waals surface area contributed by atoms with Crippen LogP contribution >= 0.6 is 0 Å². The Hall–Kier alpha value is -1.32. The molecule has 0 saturated heterocycles. The van der Waals surface area contributed by atoms with E-state index in [0.29, 0.717) is 0 Å². The number of esters is 1. The van der Waals surface area contributed by atoms with Crippen molar-refractivity contribution in [1.82, 2.24) is 0 Å². The van der Waals surface area contributed by atoms with Gasteiger partial charge in [-0.15, -0.1) is 0 Å². The first-order valence-electron chi connectivity index (χ1n) is 5.46. The Morgan fingerprint density at radius 1 is 1.31 bits per heavy atom. The number of carboxylic acids is 1. The van der Waals surface area contributed by atoms with Gasteiger partial charge < -0.3 is 9.84 Å². The molecule has 0 unspecified atom stereocenters. The smallest absolute Gasteiger partial charge is 0.318 e. The van der Waals surface area contributed by atoms with Gasteiger partial charge in [-0.25, -0.2) is 0 Å². The molecular weight excluding hydrogens is 208 g/mol. The van der Waals surface area contributed by atoms with Gasteiger partial charge in [0.1, 0.15) is 12.0 Å². The van der Waals surface area contributed by atoms with E-state index in [9.17, 15) is 9.59 Å². The molecular formula is C12H20O4. The van der Waals surface area contributed by atoms with Crippen molar-refractivity contribution < 1.29 is 19.4 Å². The number of carbonyl (C=O) groups excluding carboxylic acids is 1. The van der Waals surface area contributed by atoms with Gasteiger partial charge in [-0.05, 0) is 32.3 Å². The van der Waals surface area contributed by atoms with Crippen LogP contribution in [-0.2, 0) is 14.3 Å². The van der Waals surface area contributed by atoms with Crippen molar-refractivity contribution in [2.75, 3.05) is 0 Å². The Bertz CT molecular complexity index is 289. The summed E-state index contributed by atoms with van der Waals surface area (Å²) in [4.78, 5) is 21.6. The number of aliphatic carboxylic acids is 1. The minimum atomic E-state index is -1.17. The van der Waals surface area contributed by atoms with Gasteiger partial charge >= 0.3 is 11.9 Å². The van der Waals surface area contributed by atoms with Crippen molar-refractivity contribution in [3.8, 4) is 0 Å². The largest absolute Gasteiger partial charge is 0.481 e. The summed E-state index contributed by atoms with van der Waals surface area (Å²) in [5.74, 6) is -1.87. The lowest BCUT2D eigenvalue weighted by atomic mass is 9.94. The lowest BCUT2D eigenvalue weighted by molar-refractivity contribution is -0.158. The highest BCUT2D eigenvalue weighted by Gasteiger charge is 2.27. The molecule has 0 amide bonds. The maximum atomic E-state index is 11.3. The molecule has 0 aliphatic rings. The predicted molar refractivity (Wildman–Crippen MR) is 61.1 cm³/mol. The second kappa shape index (κ2) is 6.30. The van der Waals surface area contributed by atoms with Crippen LogP contribution in [0.3, 0.4) is 0 Å². The van der Waals surface area contributed by atoms with Crippen LogP contribution in [0.4, 0.5) is 0 Å². The molecule has 0 aromatic rings. The van der Waals surface area contributed by atoms with Gasteiger partial charge in [0.25, 0.3) is 0 Å². The molecule has 0 saturated carbocycles. The summed E-state index contributed by atoms with van der Waals surface area (Å²) >= 11 is 0. The van der Waals surface area contributed by atoms with Crippen LogP contribution in [0.15, 0.2) is 11.6 Å². The van der Waals surface area contributed by atoms with Gasteiger partial charge in [-0.1, -0.05) is 19.9 Å². The first-order chi connectivity index (χ1) is 7.33. The third-order valence-corrected chi connectivity index (χ3v) is 2.27. The number of carbonyl (C=O) groups is 2. The Kier molecular flexibility index (Phi) is 5.78. The van der Waals surface area contributed by atoms with Gasteiger partial charge in [-0.2, -0.15) is 0 Å². The minimum absolute atomic E-state index is 0.591. The highest BCUT2D eigenvalue weighted by Crippen LogP contribution is 2.24. The molecule has 4 nitrogen and oxygen atoms in total. The molecule has 0 aliphatic heterocycles. The normalized spacial score (nSPS) is 12.4. The molecule has 0 rings (SSSR count). The van der Waals surface area contributed by atoms with Gasteiger partial charge in [0.05, 0.1) is 0 Å². The SMILES string of the molecule is CCC=C(CC)C(C)(C)OC(=O)CC(=O)O. The number of hydrogen-bond acceptors (Lipinski definition) is 3. The summed E-state index contributed by atoms with van der Waals surface area (Å²) in [6.45, 7) is 7.54. The van der Waals surface area contributed by atoms with Crippen molar-refractivity contribution in [1.29, 1.82) is 0 Å². The lowest BCUT2D eigenvalue weighted by Gasteiger charge is -2.27. The fraction of sp³-hybridized carbons (Fsp3) is 0.667. The Morgan fingerprint density at radius 3 is 2.25 bits per heavy atom. The monoisotopic (exact) mass is 228 g/mol. The predicted octanol–water partition coefficient (Wildman–Crippen LogP) is 2.53. The van der Waals surface area contributed by atoms with Gasteiger partial charge in [0.2, 0.25) is 0 Å². The first-order valence-corrected chi connectivity index (χ1v) is 5.46. The molecule has 0 radical (unpaired) electrons. The van der Waals surface area contributed by atoms with Crippen LogP contribution in [0.5, 0.6) is 0 Å². The van der Waals surface area contributed by atoms with Crippen LogP contribution in [0.25, 0.3) is 0 Å². The molecule has 0 fully saturated rings. The van der Waals surface area contributed by atoms with Crippen molar-refractivity contribution in [2.45, 2.75) is 52.6 Å². The minimum Gasteiger partial charge on any atom is -0.481 e. The Balaban J connectivity index is 4.60. The zero-order valence-corrected chi connectivity index (χ0v) is 10.4. The molecule has 0 heterocycles. The van der Waals surface area contributed by atoms with Crippen molar-refractivity contribution in [2.24, 2.45) is 0 Å². The summed E-state index contributed by atoms with van der Waals surface area (Å²) in [6, 6.07) is 0. The standard InChI is InChI=1S/C12H20O4/c1-5-7-9(6-2)12(3,4)16-11(15)8-10(13)14/h7H,5-6,8H2,1-4H3,(H,13,14). The lowest BCUT2D eigenvalue weighted by Crippen LogP contribution is -2.31. The molecule has 0 atom stereocenters. The molecule has 1 N–H and O–H groups in total. The fourth-order valence-corrected chi connectivity index (χ4v) is 1.57. The second-order valence-corrected chi connectivity index (χ2v) is 4.05. The van der Waals surface area contributed by atoms with Gasteiger partial charge in [0, 0.05) is 0 Å². The molecule has 16 heavy (non-hydrogen) atoms. The number of hydrogen-bond donors (Lipinski definition) is 1. The Morgan fingerprint density at radius 2 is 1.88 bits per heavy atom. The number of ether oxygens (including phenoxy) is 1. The number of allylic oxidation sites excluding steroid dienone is 1. The second-order valence-electron chi connectivity index (χ2n) is 4.05. The zero-order chi connectivity index (χ0) is 12.8. The third-order valence-electron chi connectivity index (χ3n) is 2.27. The van der Waals surface area contributed by atoms with E-state index in [-0.39, 0.29) is 0 Å². The summed E-state index contributed by atoms with van der Waals surface area (Å²) in [5.41, 5.74) is 0.283. The summed E-state index contributed by atoms with van der Waals surface area (Å²) in [5, 5.41) is 8.46. The zero-order valence-electron chi connectivity index (χ0n) is 10.4. The van der Waals surface area contributed by atoms with Crippen molar-refractivity contribution in [3.05, 3.63) is 11.6 Å². The quantitative estimate of drug-likeness (QED) is 0.431. The van der Waals surface area contributed by atoms with E-state index >= 15 is 0 Å². The average molecular weight is 228 g/mol. The van der Waals surface area contributed by atoms with Crippen LogP contribution in [0, 0.1) is 0 Å². The van der Waals surface area contributed by atoms with Crippen LogP contribution in [-0.4, -0.2) is 22.6 Å². The van der Waals surface area contributed by atoms with Crippen molar-refractivity contribution in [3.63, 3.8) is 0 Å². The molecule has 0 aromatic carbocycles. The molecule has 92 valence electrons. The topological polar surface area (TPSA) is 63.6 Å². The number of carboxylic acid groups (broad SMARTS) is 1. The van der Waals surface area contributed by atoms with Crippen LogP contribution in [0.1, 0.15) is 47.0 Å². The van der Waals surface area contributed by atoms with Gasteiger partial charge in [-0.3, -0.25) is 9.59 Å². The van der Waals surface area contributed by atoms with Crippen LogP contribution < -0.4 is 0 Å². The average Bonchev–Trinajstić information content (AvgIpc) is 2.11. The van der Waals surface area contributed by atoms with E-state index in [2.05, 4.69) is 0 Å².